The Balaban J connectivity index is 1.81. The molecule has 20 heavy (non-hydrogen) atoms. The zero-order chi connectivity index (χ0) is 13.8. The minimum Gasteiger partial charge on any atom is -0.368 e. The molecule has 0 spiro atoms. The summed E-state index contributed by atoms with van der Waals surface area (Å²) in [6.07, 6.45) is 3.34. The van der Waals surface area contributed by atoms with Crippen LogP contribution in [0, 0.1) is 0 Å². The third-order valence-electron chi connectivity index (χ3n) is 3.27. The predicted octanol–water partition coefficient (Wildman–Crippen LogP) is 2.20. The highest BCUT2D eigenvalue weighted by Crippen LogP contribution is 2.13. The molecule has 1 atom stereocenters. The maximum atomic E-state index is 12.0. The second-order valence-corrected chi connectivity index (χ2v) is 5.62. The third kappa shape index (κ3) is 3.05. The monoisotopic (exact) mass is 288 g/mol. The Morgan fingerprint density at radius 3 is 3.00 bits per heavy atom. The van der Waals surface area contributed by atoms with Crippen molar-refractivity contribution >= 4 is 17.2 Å². The van der Waals surface area contributed by atoms with Crippen LogP contribution in [0.25, 0.3) is 0 Å². The van der Waals surface area contributed by atoms with Gasteiger partial charge in [-0.2, -0.15) is 4.99 Å². The fourth-order valence-electron chi connectivity index (χ4n) is 2.23. The van der Waals surface area contributed by atoms with Crippen molar-refractivity contribution in [3.63, 3.8) is 0 Å². The molecule has 1 unspecified atom stereocenters. The average Bonchev–Trinajstić information content (AvgIpc) is 3.12. The van der Waals surface area contributed by atoms with Crippen LogP contribution in [0.5, 0.6) is 0 Å². The van der Waals surface area contributed by atoms with Gasteiger partial charge in [0.15, 0.2) is 4.80 Å². The van der Waals surface area contributed by atoms with Gasteiger partial charge in [-0.3, -0.25) is 4.79 Å². The maximum Gasteiger partial charge on any atom is 0.277 e. The molecule has 3 rings (SSSR count). The molecule has 1 amide bonds. The summed E-state index contributed by atoms with van der Waals surface area (Å²) in [6, 6.07) is 10.1. The molecule has 1 aliphatic heterocycles. The lowest BCUT2D eigenvalue weighted by Crippen LogP contribution is -2.23. The molecule has 104 valence electrons. The molecule has 1 aromatic heterocycles. The Morgan fingerprint density at radius 2 is 2.25 bits per heavy atom. The first kappa shape index (κ1) is 13.3. The van der Waals surface area contributed by atoms with Crippen molar-refractivity contribution in [2.24, 2.45) is 4.99 Å². The molecule has 1 aromatic carbocycles. The standard InChI is InChI=1S/C15H16N2O2S/c18-14(13-7-4-9-19-13)16-15-17(8-10-20-15)11-12-5-2-1-3-6-12/h1-3,5-6,8,10,13H,4,7,9,11H2. The van der Waals surface area contributed by atoms with Crippen LogP contribution in [-0.2, 0) is 16.1 Å². The molecule has 1 saturated heterocycles. The molecule has 2 heterocycles. The second-order valence-electron chi connectivity index (χ2n) is 4.75. The Kier molecular flexibility index (Phi) is 4.08. The van der Waals surface area contributed by atoms with Crippen molar-refractivity contribution in [2.75, 3.05) is 6.61 Å². The molecule has 0 radical (unpaired) electrons. The van der Waals surface area contributed by atoms with Crippen molar-refractivity contribution < 1.29 is 9.53 Å². The summed E-state index contributed by atoms with van der Waals surface area (Å²) in [5, 5.41) is 1.95. The van der Waals surface area contributed by atoms with Crippen LogP contribution in [0.15, 0.2) is 46.9 Å². The zero-order valence-corrected chi connectivity index (χ0v) is 11.9. The minimum atomic E-state index is -0.345. The first-order valence-electron chi connectivity index (χ1n) is 6.71. The van der Waals surface area contributed by atoms with Gasteiger partial charge < -0.3 is 9.30 Å². The highest BCUT2D eigenvalue weighted by molar-refractivity contribution is 7.07. The van der Waals surface area contributed by atoms with Gasteiger partial charge in [0.25, 0.3) is 5.91 Å². The van der Waals surface area contributed by atoms with E-state index in [-0.39, 0.29) is 12.0 Å². The molecule has 1 aliphatic rings. The molecule has 0 N–H and O–H groups in total. The van der Waals surface area contributed by atoms with Gasteiger partial charge in [0.2, 0.25) is 0 Å². The number of thiazole rings is 1. The SMILES string of the molecule is O=C(N=c1sccn1Cc1ccccc1)C1CCCO1. The number of benzene rings is 1. The van der Waals surface area contributed by atoms with Gasteiger partial charge in [0.05, 0.1) is 0 Å². The summed E-state index contributed by atoms with van der Waals surface area (Å²) in [7, 11) is 0. The van der Waals surface area contributed by atoms with Crippen LogP contribution in [-0.4, -0.2) is 23.2 Å². The van der Waals surface area contributed by atoms with Crippen LogP contribution in [0.2, 0.25) is 0 Å². The van der Waals surface area contributed by atoms with E-state index in [0.29, 0.717) is 6.61 Å². The fourth-order valence-corrected chi connectivity index (χ4v) is 2.96. The number of carbonyl (C=O) groups excluding carboxylic acids is 1. The number of amides is 1. The normalized spacial score (nSPS) is 19.4. The smallest absolute Gasteiger partial charge is 0.277 e. The van der Waals surface area contributed by atoms with Gasteiger partial charge in [-0.25, -0.2) is 0 Å². The third-order valence-corrected chi connectivity index (χ3v) is 4.06. The Bertz CT molecular complexity index is 639. The van der Waals surface area contributed by atoms with Gasteiger partial charge >= 0.3 is 0 Å². The summed E-state index contributed by atoms with van der Waals surface area (Å²) in [5.74, 6) is -0.160. The van der Waals surface area contributed by atoms with Crippen LogP contribution in [0.3, 0.4) is 0 Å². The first-order chi connectivity index (χ1) is 9.83. The average molecular weight is 288 g/mol. The largest absolute Gasteiger partial charge is 0.368 e. The van der Waals surface area contributed by atoms with Gasteiger partial charge in [0, 0.05) is 24.7 Å². The first-order valence-corrected chi connectivity index (χ1v) is 7.59. The van der Waals surface area contributed by atoms with E-state index in [2.05, 4.69) is 17.1 Å². The van der Waals surface area contributed by atoms with E-state index in [9.17, 15) is 4.79 Å². The molecular weight excluding hydrogens is 272 g/mol. The number of carbonyl (C=O) groups is 1. The summed E-state index contributed by atoms with van der Waals surface area (Å²) < 4.78 is 7.37. The van der Waals surface area contributed by atoms with E-state index in [1.807, 2.05) is 34.3 Å². The van der Waals surface area contributed by atoms with Crippen molar-refractivity contribution in [2.45, 2.75) is 25.5 Å². The number of rotatable bonds is 3. The second kappa shape index (κ2) is 6.15. The fraction of sp³-hybridized carbons (Fsp3) is 0.333. The van der Waals surface area contributed by atoms with Gasteiger partial charge in [-0.05, 0) is 18.4 Å². The quantitative estimate of drug-likeness (QED) is 0.869. The van der Waals surface area contributed by atoms with Crippen molar-refractivity contribution in [1.29, 1.82) is 0 Å². The van der Waals surface area contributed by atoms with Crippen LogP contribution in [0.1, 0.15) is 18.4 Å². The Morgan fingerprint density at radius 1 is 1.40 bits per heavy atom. The van der Waals surface area contributed by atoms with E-state index in [4.69, 9.17) is 4.74 Å². The summed E-state index contributed by atoms with van der Waals surface area (Å²) >= 11 is 1.48. The highest BCUT2D eigenvalue weighted by Gasteiger charge is 2.23. The van der Waals surface area contributed by atoms with E-state index in [1.165, 1.54) is 16.9 Å². The molecule has 2 aromatic rings. The lowest BCUT2D eigenvalue weighted by Gasteiger charge is -2.04. The molecule has 5 heteroatoms. The van der Waals surface area contributed by atoms with Crippen LogP contribution >= 0.6 is 11.3 Å². The Hall–Kier alpha value is -1.72. The maximum absolute atomic E-state index is 12.0. The van der Waals surface area contributed by atoms with Crippen molar-refractivity contribution in [1.82, 2.24) is 4.57 Å². The lowest BCUT2D eigenvalue weighted by molar-refractivity contribution is -0.126. The lowest BCUT2D eigenvalue weighted by atomic mass is 10.2. The number of nitrogens with zero attached hydrogens (tertiary/aromatic N) is 2. The van der Waals surface area contributed by atoms with Crippen molar-refractivity contribution in [3.8, 4) is 0 Å². The molecule has 4 nitrogen and oxygen atoms in total. The van der Waals surface area contributed by atoms with Gasteiger partial charge in [0.1, 0.15) is 6.10 Å². The van der Waals surface area contributed by atoms with E-state index < -0.39 is 0 Å². The van der Waals surface area contributed by atoms with E-state index in [0.717, 1.165) is 24.2 Å². The number of hydrogen-bond donors (Lipinski definition) is 0. The Labute approximate surface area is 121 Å². The number of ether oxygens (including phenoxy) is 1. The molecular formula is C15H16N2O2S. The van der Waals surface area contributed by atoms with E-state index in [1.54, 1.807) is 0 Å². The van der Waals surface area contributed by atoms with Gasteiger partial charge in [-0.15, -0.1) is 11.3 Å². The number of aromatic nitrogens is 1. The summed E-state index contributed by atoms with van der Waals surface area (Å²) in [6.45, 7) is 1.39. The molecule has 0 bridgehead atoms. The summed E-state index contributed by atoms with van der Waals surface area (Å²) in [4.78, 5) is 17.0. The van der Waals surface area contributed by atoms with Crippen LogP contribution < -0.4 is 4.80 Å². The molecule has 0 aliphatic carbocycles. The molecule has 0 saturated carbocycles. The topological polar surface area (TPSA) is 43.6 Å². The predicted molar refractivity (Wildman–Crippen MR) is 77.4 cm³/mol. The minimum absolute atomic E-state index is 0.160. The van der Waals surface area contributed by atoms with Crippen molar-refractivity contribution in [3.05, 3.63) is 52.3 Å². The zero-order valence-electron chi connectivity index (χ0n) is 11.1. The van der Waals surface area contributed by atoms with Crippen LogP contribution in [0.4, 0.5) is 0 Å². The van der Waals surface area contributed by atoms with Gasteiger partial charge in [-0.1, -0.05) is 30.3 Å². The summed E-state index contributed by atoms with van der Waals surface area (Å²) in [5.41, 5.74) is 1.19. The highest BCUT2D eigenvalue weighted by atomic mass is 32.1. The molecule has 1 fully saturated rings. The number of hydrogen-bond acceptors (Lipinski definition) is 3. The van der Waals surface area contributed by atoms with E-state index >= 15 is 0 Å².